The number of benzene rings is 15. The fourth-order valence-electron chi connectivity index (χ4n) is 24.5. The molecule has 0 aliphatic heterocycles. The van der Waals surface area contributed by atoms with Crippen LogP contribution < -0.4 is 23.0 Å². The van der Waals surface area contributed by atoms with Crippen molar-refractivity contribution in [2.75, 3.05) is 0 Å². The predicted octanol–water partition coefficient (Wildman–Crippen LogP) is 28.3. The van der Waals surface area contributed by atoms with Gasteiger partial charge in [-0.15, -0.1) is 0 Å². The third kappa shape index (κ3) is 12.3. The van der Waals surface area contributed by atoms with Gasteiger partial charge in [0.2, 0.25) is 11.4 Å². The van der Waals surface area contributed by atoms with E-state index in [0.717, 1.165) is 55.4 Å². The fraction of sp³-hybridized carbons (Fsp3) is 0.118. The lowest BCUT2D eigenvalue weighted by atomic mass is 10.0. The molecular weight excluding hydrogens is 1760 g/mol. The second kappa shape index (κ2) is 32.1. The Morgan fingerprint density at radius 3 is 0.986 bits per heavy atom. The van der Waals surface area contributed by atoms with Gasteiger partial charge in [0.05, 0.1) is 102 Å². The summed E-state index contributed by atoms with van der Waals surface area (Å²) in [5.41, 5.74) is 35.8. The molecule has 0 atom stereocenters. The molecule has 30 aromatic rings. The summed E-state index contributed by atoms with van der Waals surface area (Å²) in [6, 6.07) is 109. The molecule has 30 rings (SSSR count). The molecule has 688 valence electrons. The van der Waals surface area contributed by atoms with E-state index in [1.165, 1.54) is 239 Å². The molecule has 0 spiro atoms. The van der Waals surface area contributed by atoms with Gasteiger partial charge >= 0.3 is 0 Å². The molecule has 15 heterocycles. The first-order chi connectivity index (χ1) is 69.5. The van der Waals surface area contributed by atoms with Crippen LogP contribution in [0.2, 0.25) is 0 Å². The van der Waals surface area contributed by atoms with Gasteiger partial charge in [0.1, 0.15) is 42.3 Å². The number of para-hydroxylation sites is 11. The van der Waals surface area contributed by atoms with Crippen LogP contribution in [0.1, 0.15) is 55.8 Å². The molecule has 15 aromatic heterocycles. The minimum absolute atomic E-state index is 0.00738. The zero-order valence-electron chi connectivity index (χ0n) is 82.1. The highest BCUT2D eigenvalue weighted by Crippen LogP contribution is 2.50. The first kappa shape index (κ1) is 86.0. The highest BCUT2D eigenvalue weighted by atomic mass is 19.2. The summed E-state index contributed by atoms with van der Waals surface area (Å²) < 4.78 is 66.4. The summed E-state index contributed by atoms with van der Waals surface area (Å²) in [7, 11) is 10.2. The Bertz CT molecular complexity index is 10200. The number of halogens is 3. The van der Waals surface area contributed by atoms with Crippen molar-refractivity contribution in [3.05, 3.63) is 402 Å². The van der Waals surface area contributed by atoms with E-state index in [9.17, 15) is 8.78 Å². The van der Waals surface area contributed by atoms with Gasteiger partial charge in [-0.25, -0.2) is 22.3 Å². The van der Waals surface area contributed by atoms with Crippen molar-refractivity contribution in [3.63, 3.8) is 0 Å². The molecule has 0 radical (unpaired) electrons. The SMILES string of the molecule is Cc1c(-c2c3c(F)c(F)c(F)c(C)c3nc[n+]2C)n2c3ccccc3c3cccc1c32.Cc1c(-c2c3cccc(C)c3nc[n+]2C)n2c3ccccc3c3cccc1c32.Cc1ccc2c(-c3c(C)c4cccc5c6ccccc6n3c45)[n+](C)ccc2c1.Cc1ccc2cc[n+](C)c(-c3c(C)c4cccc5c6ccccc6n3c45)c2c1.Cc1n[n+](C)c(-c2c(C)c3cccc4c5ccccc5n2c34)c2ccccc12. The Labute approximate surface area is 820 Å². The quantitative estimate of drug-likeness (QED) is 0.127. The Balaban J connectivity index is 0.0000000914. The summed E-state index contributed by atoms with van der Waals surface area (Å²) in [6.45, 7) is 20.9. The number of nitrogens with zero attached hydrogens (tertiary/aromatic N) is 13. The second-order valence-electron chi connectivity index (χ2n) is 39.1. The van der Waals surface area contributed by atoms with Gasteiger partial charge in [0, 0.05) is 109 Å². The van der Waals surface area contributed by atoms with E-state index in [0.29, 0.717) is 5.69 Å². The van der Waals surface area contributed by atoms with E-state index in [1.54, 1.807) is 11.6 Å². The maximum Gasteiger partial charge on any atom is 0.287 e. The average Bonchev–Trinajstić information content (AvgIpc) is 1.54. The maximum absolute atomic E-state index is 15.2. The molecule has 0 N–H and O–H groups in total. The third-order valence-corrected chi connectivity index (χ3v) is 31.0. The van der Waals surface area contributed by atoms with Gasteiger partial charge in [0.15, 0.2) is 59.3 Å². The minimum atomic E-state index is -1.48. The second-order valence-corrected chi connectivity index (χ2v) is 39.1. The predicted molar refractivity (Wildman–Crippen MR) is 579 cm³/mol. The molecule has 0 fully saturated rings. The van der Waals surface area contributed by atoms with Crippen LogP contribution in [0.15, 0.2) is 328 Å². The van der Waals surface area contributed by atoms with Crippen LogP contribution in [-0.2, 0) is 35.2 Å². The Kier molecular flexibility index (Phi) is 19.3. The molecule has 15 aromatic carbocycles. The lowest BCUT2D eigenvalue weighted by molar-refractivity contribution is -0.719. The van der Waals surface area contributed by atoms with E-state index in [-0.39, 0.29) is 16.5 Å². The van der Waals surface area contributed by atoms with E-state index in [4.69, 9.17) is 10.1 Å². The molecule has 0 saturated carbocycles. The van der Waals surface area contributed by atoms with Crippen LogP contribution in [0, 0.1) is 86.7 Å². The first-order valence-corrected chi connectivity index (χ1v) is 48.8. The molecule has 0 unspecified atom stereocenters. The van der Waals surface area contributed by atoms with Gasteiger partial charge in [-0.1, -0.05) is 252 Å². The molecule has 13 nitrogen and oxygen atoms in total. The number of aryl methyl sites for hydroxylation is 15. The first-order valence-electron chi connectivity index (χ1n) is 48.8. The van der Waals surface area contributed by atoms with Crippen LogP contribution in [0.25, 0.3) is 247 Å². The fourth-order valence-corrected chi connectivity index (χ4v) is 24.5. The lowest BCUT2D eigenvalue weighted by Crippen LogP contribution is -2.37. The van der Waals surface area contributed by atoms with E-state index in [1.807, 2.05) is 48.3 Å². The highest BCUT2D eigenvalue weighted by Gasteiger charge is 2.36. The molecule has 0 aliphatic rings. The van der Waals surface area contributed by atoms with Crippen molar-refractivity contribution in [1.29, 1.82) is 0 Å². The molecular formula is C127H99F3N13+5. The van der Waals surface area contributed by atoms with E-state index >= 15 is 4.39 Å². The molecule has 16 heteroatoms. The summed E-state index contributed by atoms with van der Waals surface area (Å²) >= 11 is 0. The van der Waals surface area contributed by atoms with Gasteiger partial charge < -0.3 is 22.0 Å². The van der Waals surface area contributed by atoms with Gasteiger partial charge in [-0.05, 0) is 177 Å². The van der Waals surface area contributed by atoms with Crippen LogP contribution in [-0.4, -0.2) is 37.1 Å². The molecule has 0 bridgehead atoms. The van der Waals surface area contributed by atoms with Crippen LogP contribution in [0.3, 0.4) is 0 Å². The van der Waals surface area contributed by atoms with Crippen LogP contribution >= 0.6 is 0 Å². The van der Waals surface area contributed by atoms with Crippen molar-refractivity contribution in [3.8, 4) is 56.9 Å². The zero-order valence-corrected chi connectivity index (χ0v) is 82.1. The number of aromatic nitrogens is 13. The number of pyridine rings is 2. The normalized spacial score (nSPS) is 12.1. The summed E-state index contributed by atoms with van der Waals surface area (Å²) in [6.07, 6.45) is 7.83. The van der Waals surface area contributed by atoms with Crippen LogP contribution in [0.4, 0.5) is 13.2 Å². The Morgan fingerprint density at radius 1 is 0.231 bits per heavy atom. The van der Waals surface area contributed by atoms with Crippen molar-refractivity contribution in [2.24, 2.45) is 35.2 Å². The van der Waals surface area contributed by atoms with E-state index < -0.39 is 17.5 Å². The summed E-state index contributed by atoms with van der Waals surface area (Å²) in [5.74, 6) is -3.90. The largest absolute Gasteiger partial charge is 0.304 e. The molecule has 0 saturated heterocycles. The summed E-state index contributed by atoms with van der Waals surface area (Å²) in [4.78, 5) is 8.95. The number of hydrogen-bond donors (Lipinski definition) is 0. The van der Waals surface area contributed by atoms with Crippen molar-refractivity contribution in [1.82, 2.24) is 37.1 Å². The summed E-state index contributed by atoms with van der Waals surface area (Å²) in [5, 5.41) is 32.7. The van der Waals surface area contributed by atoms with Crippen molar-refractivity contribution < 1.29 is 36.1 Å². The maximum atomic E-state index is 15.2. The Morgan fingerprint density at radius 2 is 0.552 bits per heavy atom. The number of rotatable bonds is 5. The average molecular weight is 1860 g/mol. The topological polar surface area (TPSA) is 80.1 Å². The zero-order chi connectivity index (χ0) is 97.6. The monoisotopic (exact) mass is 1860 g/mol. The smallest absolute Gasteiger partial charge is 0.287 e. The highest BCUT2D eigenvalue weighted by molar-refractivity contribution is 6.23. The van der Waals surface area contributed by atoms with Gasteiger partial charge in [0.25, 0.3) is 18.3 Å². The lowest BCUT2D eigenvalue weighted by Gasteiger charge is -2.11. The van der Waals surface area contributed by atoms with E-state index in [2.05, 4.69) is 410 Å². The Hall–Kier alpha value is -17.4. The van der Waals surface area contributed by atoms with Gasteiger partial charge in [-0.3, -0.25) is 0 Å². The van der Waals surface area contributed by atoms with Crippen molar-refractivity contribution >= 4 is 190 Å². The number of fused-ring (bicyclic) bond motifs is 20. The standard InChI is InChI=1S/2C26H21N2.C25H17F3N3.2C25H20N3/c1-16-11-12-20-18(15-16)13-14-27(3)26(20)24-17(2)19-8-6-9-22-21-7-4-5-10-23(21)28(24)25(19)22;1-16-11-12-18-13-14-27(3)26(22(18)15-16)24-17(2)19-8-6-9-21-20-7-4-5-10-23(20)28(24)25(19)21;1-12-14-8-6-9-16-15-7-4-5-10-17(15)31(24(14)16)23(12)25-18-20(27)21(28)19(26)13(2)22(18)29-11-30(25)3;1-15-8-6-12-20-22(15)26-14-27(3)25(20)23-16(2)17-10-7-11-19-18-9-4-5-13-21(18)28(23)24(17)19;1-15-17-12-8-13-21-19-10-6-7-14-22(19)28(24(17)21)23(15)25-20-11-5-4-9-18(20)16(2)26-27(25)3/h2*4-15H,1-3H3;4-11H,1-3H3;2*4-14H,1-3H3/q5*+1. The van der Waals surface area contributed by atoms with Crippen molar-refractivity contribution in [2.45, 2.75) is 69.2 Å². The van der Waals surface area contributed by atoms with Crippen LogP contribution in [0.5, 0.6) is 0 Å². The molecule has 0 amide bonds. The minimum Gasteiger partial charge on any atom is -0.304 e. The van der Waals surface area contributed by atoms with Gasteiger partial charge in [-0.2, -0.15) is 9.13 Å². The molecule has 0 aliphatic carbocycles. The molecule has 143 heavy (non-hydrogen) atoms. The third-order valence-electron chi connectivity index (χ3n) is 31.0. The number of hydrogen-bond acceptors (Lipinski definition) is 3.